The van der Waals surface area contributed by atoms with E-state index in [1.54, 1.807) is 11.8 Å². The van der Waals surface area contributed by atoms with Crippen LogP contribution in [0.25, 0.3) is 0 Å². The molecule has 1 heterocycles. The number of sulfonamides is 1. The zero-order valence-electron chi connectivity index (χ0n) is 16.1. The van der Waals surface area contributed by atoms with Gasteiger partial charge in [0.05, 0.1) is 0 Å². The van der Waals surface area contributed by atoms with Gasteiger partial charge in [0.25, 0.3) is 5.91 Å². The van der Waals surface area contributed by atoms with Crippen molar-refractivity contribution in [2.24, 2.45) is 0 Å². The topological polar surface area (TPSA) is 66.5 Å². The lowest BCUT2D eigenvalue weighted by Crippen LogP contribution is -2.36. The van der Waals surface area contributed by atoms with Crippen LogP contribution in [-0.2, 0) is 10.0 Å². The van der Waals surface area contributed by atoms with Crippen molar-refractivity contribution in [3.8, 4) is 0 Å². The first-order valence-corrected chi connectivity index (χ1v) is 12.2. The van der Waals surface area contributed by atoms with Gasteiger partial charge in [-0.05, 0) is 55.3 Å². The number of nitrogens with zero attached hydrogens (tertiary/aromatic N) is 1. The highest BCUT2D eigenvalue weighted by Crippen LogP contribution is 2.24. The lowest BCUT2D eigenvalue weighted by molar-refractivity contribution is 0.0953. The van der Waals surface area contributed by atoms with Gasteiger partial charge < -0.3 is 5.32 Å². The number of thioether (sulfide) groups is 1. The van der Waals surface area contributed by atoms with Gasteiger partial charge in [0.15, 0.2) is 0 Å². The van der Waals surface area contributed by atoms with E-state index in [0.29, 0.717) is 19.6 Å². The molecule has 0 atom stereocenters. The molecule has 0 saturated carbocycles. The summed E-state index contributed by atoms with van der Waals surface area (Å²) < 4.78 is 41.1. The summed E-state index contributed by atoms with van der Waals surface area (Å²) in [6.07, 6.45) is 3.27. The maximum Gasteiger partial charge on any atom is 0.251 e. The van der Waals surface area contributed by atoms with Crippen molar-refractivity contribution in [1.29, 1.82) is 0 Å². The average molecular weight is 437 g/mol. The fraction of sp³-hybridized carbons (Fsp3) is 0.381. The molecule has 0 unspecified atom stereocenters. The fourth-order valence-electron chi connectivity index (χ4n) is 3.17. The molecule has 29 heavy (non-hydrogen) atoms. The molecule has 0 radical (unpaired) electrons. The Morgan fingerprint density at radius 1 is 1.07 bits per heavy atom. The van der Waals surface area contributed by atoms with Crippen LogP contribution in [0.5, 0.6) is 0 Å². The number of hydrogen-bond donors (Lipinski definition) is 1. The van der Waals surface area contributed by atoms with E-state index in [2.05, 4.69) is 5.32 Å². The second kappa shape index (κ2) is 10.2. The van der Waals surface area contributed by atoms with E-state index in [1.807, 2.05) is 30.3 Å². The zero-order valence-corrected chi connectivity index (χ0v) is 17.8. The zero-order chi connectivity index (χ0) is 20.7. The number of halogens is 1. The van der Waals surface area contributed by atoms with Gasteiger partial charge in [0, 0.05) is 30.1 Å². The van der Waals surface area contributed by atoms with Crippen molar-refractivity contribution in [3.05, 3.63) is 59.9 Å². The lowest BCUT2D eigenvalue weighted by Gasteiger charge is -2.26. The third kappa shape index (κ3) is 5.81. The molecule has 0 bridgehead atoms. The van der Waals surface area contributed by atoms with Gasteiger partial charge in [0.2, 0.25) is 10.0 Å². The minimum Gasteiger partial charge on any atom is -0.352 e. The van der Waals surface area contributed by atoms with E-state index < -0.39 is 26.6 Å². The summed E-state index contributed by atoms with van der Waals surface area (Å²) in [5, 5.41) is 2.78. The van der Waals surface area contributed by atoms with Crippen molar-refractivity contribution < 1.29 is 17.6 Å². The Labute approximate surface area is 175 Å². The van der Waals surface area contributed by atoms with E-state index in [0.717, 1.165) is 43.6 Å². The van der Waals surface area contributed by atoms with Crippen molar-refractivity contribution in [3.63, 3.8) is 0 Å². The van der Waals surface area contributed by atoms with E-state index in [1.165, 1.54) is 15.3 Å². The Balaban J connectivity index is 1.57. The van der Waals surface area contributed by atoms with Crippen LogP contribution < -0.4 is 5.32 Å². The third-order valence-corrected chi connectivity index (χ3v) is 7.76. The van der Waals surface area contributed by atoms with E-state index in [-0.39, 0.29) is 5.56 Å². The predicted octanol–water partition coefficient (Wildman–Crippen LogP) is 3.91. The molecule has 1 saturated heterocycles. The van der Waals surface area contributed by atoms with Crippen LogP contribution in [0.4, 0.5) is 4.39 Å². The largest absolute Gasteiger partial charge is 0.352 e. The highest BCUT2D eigenvalue weighted by Gasteiger charge is 2.29. The summed E-state index contributed by atoms with van der Waals surface area (Å²) >= 11 is 1.71. The van der Waals surface area contributed by atoms with Crippen LogP contribution in [0, 0.1) is 5.82 Å². The molecule has 2 aromatic rings. The van der Waals surface area contributed by atoms with Crippen LogP contribution in [-0.4, -0.2) is 44.0 Å². The molecule has 3 rings (SSSR count). The summed E-state index contributed by atoms with van der Waals surface area (Å²) in [6, 6.07) is 13.5. The molecule has 1 N–H and O–H groups in total. The molecule has 2 aromatic carbocycles. The highest BCUT2D eigenvalue weighted by molar-refractivity contribution is 7.99. The van der Waals surface area contributed by atoms with E-state index >= 15 is 0 Å². The Bertz CT molecular complexity index is 930. The predicted molar refractivity (Wildman–Crippen MR) is 113 cm³/mol. The summed E-state index contributed by atoms with van der Waals surface area (Å²) in [4.78, 5) is 13.1. The summed E-state index contributed by atoms with van der Waals surface area (Å²) in [5.41, 5.74) is 0.151. The third-order valence-electron chi connectivity index (χ3n) is 4.74. The molecule has 1 amide bonds. The van der Waals surface area contributed by atoms with Crippen molar-refractivity contribution in [1.82, 2.24) is 9.62 Å². The standard InChI is InChI=1S/C21H25FN2O3S2/c22-19-11-10-17(16-20(19)29(26,27)24-13-5-2-6-14-24)21(25)23-12-7-15-28-18-8-3-1-4-9-18/h1,3-4,8-11,16H,2,5-7,12-15H2,(H,23,25). The maximum atomic E-state index is 14.3. The minimum absolute atomic E-state index is 0.151. The number of amides is 1. The Hall–Kier alpha value is -1.90. The van der Waals surface area contributed by atoms with Gasteiger partial charge >= 0.3 is 0 Å². The fourth-order valence-corrected chi connectivity index (χ4v) is 5.65. The van der Waals surface area contributed by atoms with Crippen LogP contribution in [0.2, 0.25) is 0 Å². The summed E-state index contributed by atoms with van der Waals surface area (Å²) in [5.74, 6) is -0.376. The Morgan fingerprint density at radius 2 is 1.79 bits per heavy atom. The highest BCUT2D eigenvalue weighted by atomic mass is 32.2. The van der Waals surface area contributed by atoms with Gasteiger partial charge in [-0.2, -0.15) is 4.31 Å². The van der Waals surface area contributed by atoms with E-state index in [4.69, 9.17) is 0 Å². The number of benzene rings is 2. The quantitative estimate of drug-likeness (QED) is 0.503. The molecule has 0 aromatic heterocycles. The Kier molecular flexibility index (Phi) is 7.69. The molecule has 1 aliphatic heterocycles. The monoisotopic (exact) mass is 436 g/mol. The van der Waals surface area contributed by atoms with Crippen LogP contribution in [0.3, 0.4) is 0 Å². The van der Waals surface area contributed by atoms with Crippen molar-refractivity contribution in [2.75, 3.05) is 25.4 Å². The normalized spacial score (nSPS) is 15.2. The molecule has 156 valence electrons. The van der Waals surface area contributed by atoms with E-state index in [9.17, 15) is 17.6 Å². The molecular formula is C21H25FN2O3S2. The minimum atomic E-state index is -3.93. The van der Waals surface area contributed by atoms with Crippen LogP contribution in [0.15, 0.2) is 58.3 Å². The first kappa shape index (κ1) is 21.8. The number of piperidine rings is 1. The number of carbonyl (C=O) groups excluding carboxylic acids is 1. The second-order valence-corrected chi connectivity index (χ2v) is 9.96. The van der Waals surface area contributed by atoms with Gasteiger partial charge in [-0.25, -0.2) is 12.8 Å². The molecule has 8 heteroatoms. The van der Waals surface area contributed by atoms with Gasteiger partial charge in [-0.1, -0.05) is 24.6 Å². The van der Waals surface area contributed by atoms with Gasteiger partial charge in [-0.15, -0.1) is 11.8 Å². The lowest BCUT2D eigenvalue weighted by atomic mass is 10.2. The average Bonchev–Trinajstić information content (AvgIpc) is 2.75. The SMILES string of the molecule is O=C(NCCCSc1ccccc1)c1ccc(F)c(S(=O)(=O)N2CCCCC2)c1. The second-order valence-electron chi connectivity index (χ2n) is 6.88. The first-order valence-electron chi connectivity index (χ1n) is 9.74. The molecule has 1 aliphatic rings. The van der Waals surface area contributed by atoms with Crippen molar-refractivity contribution in [2.45, 2.75) is 35.5 Å². The number of rotatable bonds is 8. The van der Waals surface area contributed by atoms with Gasteiger partial charge in [-0.3, -0.25) is 4.79 Å². The molecule has 0 aliphatic carbocycles. The van der Waals surface area contributed by atoms with Crippen LogP contribution >= 0.6 is 11.8 Å². The maximum absolute atomic E-state index is 14.3. The number of carbonyl (C=O) groups is 1. The molecule has 0 spiro atoms. The first-order chi connectivity index (χ1) is 14.0. The molecular weight excluding hydrogens is 411 g/mol. The summed E-state index contributed by atoms with van der Waals surface area (Å²) in [7, 11) is -3.93. The smallest absolute Gasteiger partial charge is 0.251 e. The van der Waals surface area contributed by atoms with Gasteiger partial charge in [0.1, 0.15) is 10.7 Å². The molecule has 5 nitrogen and oxygen atoms in total. The number of hydrogen-bond acceptors (Lipinski definition) is 4. The molecule has 1 fully saturated rings. The van der Waals surface area contributed by atoms with Crippen molar-refractivity contribution >= 4 is 27.7 Å². The Morgan fingerprint density at radius 3 is 2.52 bits per heavy atom. The van der Waals surface area contributed by atoms with Crippen LogP contribution in [0.1, 0.15) is 36.0 Å². The summed E-state index contributed by atoms with van der Waals surface area (Å²) in [6.45, 7) is 1.23. The number of nitrogens with one attached hydrogen (secondary N) is 1.